The van der Waals surface area contributed by atoms with Crippen molar-refractivity contribution in [2.45, 2.75) is 58.2 Å². The first kappa shape index (κ1) is 30.8. The highest BCUT2D eigenvalue weighted by molar-refractivity contribution is 7.92. The van der Waals surface area contributed by atoms with Crippen LogP contribution in [0.3, 0.4) is 0 Å². The Morgan fingerprint density at radius 3 is 2.02 bits per heavy atom. The number of nitrogens with zero attached hydrogens (tertiary/aromatic N) is 2. The molecule has 1 N–H and O–H groups in total. The molecule has 0 saturated heterocycles. The molecule has 0 radical (unpaired) electrons. The first-order valence-electron chi connectivity index (χ1n) is 13.5. The standard InChI is InChI=1S/C31H38FN3O4S/c1-4-24(2)33-31(37)29(22-25-12-7-5-8-13-25)34(23-26-14-9-6-10-15-26)30(36)16-11-21-35(40(3,38)39)28-19-17-27(32)18-20-28/h5-10,12-15,17-20,24,29H,4,11,16,21-23H2,1-3H3,(H,33,37). The molecule has 0 saturated carbocycles. The molecule has 2 amide bonds. The minimum Gasteiger partial charge on any atom is -0.352 e. The predicted octanol–water partition coefficient (Wildman–Crippen LogP) is 4.93. The predicted molar refractivity (Wildman–Crippen MR) is 157 cm³/mol. The second kappa shape index (κ2) is 14.6. The van der Waals surface area contributed by atoms with E-state index in [0.29, 0.717) is 12.1 Å². The number of hydrogen-bond donors (Lipinski definition) is 1. The van der Waals surface area contributed by atoms with Crippen molar-refractivity contribution in [1.82, 2.24) is 10.2 Å². The molecule has 2 unspecified atom stereocenters. The zero-order chi connectivity index (χ0) is 29.1. The molecule has 0 aromatic heterocycles. The zero-order valence-electron chi connectivity index (χ0n) is 23.3. The Hall–Kier alpha value is -3.72. The zero-order valence-corrected chi connectivity index (χ0v) is 24.1. The second-order valence-electron chi connectivity index (χ2n) is 9.95. The monoisotopic (exact) mass is 567 g/mol. The van der Waals surface area contributed by atoms with Gasteiger partial charge >= 0.3 is 0 Å². The molecule has 2 atom stereocenters. The maximum Gasteiger partial charge on any atom is 0.243 e. The average Bonchev–Trinajstić information content (AvgIpc) is 2.94. The van der Waals surface area contributed by atoms with Gasteiger partial charge in [0.2, 0.25) is 21.8 Å². The average molecular weight is 568 g/mol. The van der Waals surface area contributed by atoms with E-state index in [2.05, 4.69) is 5.32 Å². The normalized spacial score (nSPS) is 12.8. The highest BCUT2D eigenvalue weighted by Crippen LogP contribution is 2.20. The first-order chi connectivity index (χ1) is 19.1. The molecule has 7 nitrogen and oxygen atoms in total. The lowest BCUT2D eigenvalue weighted by molar-refractivity contribution is -0.141. The molecule has 0 aliphatic heterocycles. The van der Waals surface area contributed by atoms with Gasteiger partial charge in [-0.25, -0.2) is 12.8 Å². The van der Waals surface area contributed by atoms with Crippen molar-refractivity contribution in [2.75, 3.05) is 17.1 Å². The van der Waals surface area contributed by atoms with Crippen molar-refractivity contribution in [3.05, 3.63) is 102 Å². The van der Waals surface area contributed by atoms with Gasteiger partial charge in [0.1, 0.15) is 11.9 Å². The van der Waals surface area contributed by atoms with Crippen molar-refractivity contribution in [3.8, 4) is 0 Å². The number of amides is 2. The van der Waals surface area contributed by atoms with Crippen molar-refractivity contribution >= 4 is 27.5 Å². The van der Waals surface area contributed by atoms with Crippen LogP contribution in [0.25, 0.3) is 0 Å². The van der Waals surface area contributed by atoms with Crippen LogP contribution in [0.4, 0.5) is 10.1 Å². The van der Waals surface area contributed by atoms with E-state index in [1.165, 1.54) is 28.6 Å². The molecular formula is C31H38FN3O4S. The Morgan fingerprint density at radius 1 is 0.900 bits per heavy atom. The molecule has 0 heterocycles. The number of rotatable bonds is 14. The Kier molecular flexibility index (Phi) is 11.3. The molecular weight excluding hydrogens is 529 g/mol. The van der Waals surface area contributed by atoms with E-state index in [4.69, 9.17) is 0 Å². The lowest BCUT2D eigenvalue weighted by Gasteiger charge is -2.32. The summed E-state index contributed by atoms with van der Waals surface area (Å²) >= 11 is 0. The summed E-state index contributed by atoms with van der Waals surface area (Å²) in [5.74, 6) is -0.952. The van der Waals surface area contributed by atoms with Crippen molar-refractivity contribution < 1.29 is 22.4 Å². The third-order valence-corrected chi connectivity index (χ3v) is 7.93. The van der Waals surface area contributed by atoms with Crippen molar-refractivity contribution in [1.29, 1.82) is 0 Å². The van der Waals surface area contributed by atoms with Crippen LogP contribution in [0.15, 0.2) is 84.9 Å². The first-order valence-corrected chi connectivity index (χ1v) is 15.3. The van der Waals surface area contributed by atoms with E-state index in [0.717, 1.165) is 23.8 Å². The van der Waals surface area contributed by atoms with E-state index < -0.39 is 21.9 Å². The summed E-state index contributed by atoms with van der Waals surface area (Å²) < 4.78 is 39.6. The smallest absolute Gasteiger partial charge is 0.243 e. The van der Waals surface area contributed by atoms with E-state index in [9.17, 15) is 22.4 Å². The van der Waals surface area contributed by atoms with Crippen LogP contribution in [-0.4, -0.2) is 50.0 Å². The van der Waals surface area contributed by atoms with Gasteiger partial charge in [-0.2, -0.15) is 0 Å². The largest absolute Gasteiger partial charge is 0.352 e. The van der Waals surface area contributed by atoms with Gasteiger partial charge in [0.05, 0.1) is 11.9 Å². The van der Waals surface area contributed by atoms with E-state index >= 15 is 0 Å². The number of anilines is 1. The molecule has 0 aliphatic rings. The number of benzene rings is 3. The van der Waals surface area contributed by atoms with Gasteiger partial charge in [-0.05, 0) is 55.2 Å². The highest BCUT2D eigenvalue weighted by atomic mass is 32.2. The third kappa shape index (κ3) is 9.19. The molecule has 3 rings (SSSR count). The Labute approximate surface area is 237 Å². The maximum atomic E-state index is 13.8. The van der Waals surface area contributed by atoms with Crippen LogP contribution < -0.4 is 9.62 Å². The van der Waals surface area contributed by atoms with E-state index in [-0.39, 0.29) is 43.8 Å². The van der Waals surface area contributed by atoms with Crippen LogP contribution in [0.2, 0.25) is 0 Å². The minimum atomic E-state index is -3.66. The Bertz CT molecular complexity index is 1340. The second-order valence-corrected chi connectivity index (χ2v) is 11.9. The summed E-state index contributed by atoms with van der Waals surface area (Å²) in [4.78, 5) is 28.9. The highest BCUT2D eigenvalue weighted by Gasteiger charge is 2.31. The lowest BCUT2D eigenvalue weighted by Crippen LogP contribution is -2.52. The Balaban J connectivity index is 1.86. The molecule has 3 aromatic carbocycles. The van der Waals surface area contributed by atoms with Gasteiger partial charge in [0.15, 0.2) is 0 Å². The number of carbonyl (C=O) groups is 2. The molecule has 0 bridgehead atoms. The molecule has 0 aliphatic carbocycles. The third-order valence-electron chi connectivity index (χ3n) is 6.73. The number of nitrogens with one attached hydrogen (secondary N) is 1. The van der Waals surface area contributed by atoms with E-state index in [1.807, 2.05) is 74.5 Å². The van der Waals surface area contributed by atoms with Crippen LogP contribution in [0.5, 0.6) is 0 Å². The van der Waals surface area contributed by atoms with Gasteiger partial charge in [-0.3, -0.25) is 13.9 Å². The molecule has 40 heavy (non-hydrogen) atoms. The van der Waals surface area contributed by atoms with Crippen molar-refractivity contribution in [2.24, 2.45) is 0 Å². The van der Waals surface area contributed by atoms with Gasteiger partial charge in [-0.1, -0.05) is 67.6 Å². The summed E-state index contributed by atoms with van der Waals surface area (Å²) in [7, 11) is -3.66. The van der Waals surface area contributed by atoms with Crippen LogP contribution in [0, 0.1) is 5.82 Å². The fraction of sp³-hybridized carbons (Fsp3) is 0.355. The molecule has 3 aromatic rings. The van der Waals surface area contributed by atoms with Crippen LogP contribution in [0.1, 0.15) is 44.2 Å². The molecule has 0 spiro atoms. The summed E-state index contributed by atoms with van der Waals surface area (Å²) in [5.41, 5.74) is 2.14. The number of sulfonamides is 1. The van der Waals surface area contributed by atoms with Crippen molar-refractivity contribution in [3.63, 3.8) is 0 Å². The van der Waals surface area contributed by atoms with Crippen LogP contribution in [-0.2, 0) is 32.6 Å². The topological polar surface area (TPSA) is 86.8 Å². The summed E-state index contributed by atoms with van der Waals surface area (Å²) in [6.45, 7) is 4.19. The maximum absolute atomic E-state index is 13.8. The summed E-state index contributed by atoms with van der Waals surface area (Å²) in [5, 5.41) is 3.04. The number of hydrogen-bond acceptors (Lipinski definition) is 4. The fourth-order valence-electron chi connectivity index (χ4n) is 4.39. The van der Waals surface area contributed by atoms with E-state index in [1.54, 1.807) is 4.90 Å². The van der Waals surface area contributed by atoms with Gasteiger partial charge < -0.3 is 10.2 Å². The van der Waals surface area contributed by atoms with Crippen LogP contribution >= 0.6 is 0 Å². The minimum absolute atomic E-state index is 0.0297. The summed E-state index contributed by atoms with van der Waals surface area (Å²) in [6.07, 6.45) is 2.42. The Morgan fingerprint density at radius 2 is 1.48 bits per heavy atom. The quantitative estimate of drug-likeness (QED) is 0.299. The van der Waals surface area contributed by atoms with Gasteiger partial charge in [0, 0.05) is 32.0 Å². The fourth-order valence-corrected chi connectivity index (χ4v) is 5.35. The molecule has 9 heteroatoms. The molecule has 214 valence electrons. The van der Waals surface area contributed by atoms with Gasteiger partial charge in [-0.15, -0.1) is 0 Å². The van der Waals surface area contributed by atoms with Gasteiger partial charge in [0.25, 0.3) is 0 Å². The number of carbonyl (C=O) groups excluding carboxylic acids is 2. The summed E-state index contributed by atoms with van der Waals surface area (Å²) in [6, 6.07) is 23.4. The number of halogens is 1. The SMILES string of the molecule is CCC(C)NC(=O)C(Cc1ccccc1)N(Cc1ccccc1)C(=O)CCCN(c1ccc(F)cc1)S(C)(=O)=O. The lowest BCUT2D eigenvalue weighted by atomic mass is 10.0. The molecule has 0 fully saturated rings.